The predicted octanol–water partition coefficient (Wildman–Crippen LogP) is 1.92. The summed E-state index contributed by atoms with van der Waals surface area (Å²) >= 11 is 0. The number of piperazine rings is 1. The number of aliphatic hydroxyl groups excluding tert-OH is 1. The van der Waals surface area contributed by atoms with Gasteiger partial charge in [0.2, 0.25) is 0 Å². The Labute approximate surface area is 164 Å². The molecule has 1 saturated heterocycles. The summed E-state index contributed by atoms with van der Waals surface area (Å²) < 4.78 is 5.83. The van der Waals surface area contributed by atoms with Crippen molar-refractivity contribution in [2.45, 2.75) is 20.0 Å². The molecule has 8 nitrogen and oxygen atoms in total. The van der Waals surface area contributed by atoms with E-state index in [9.17, 15) is 0 Å². The van der Waals surface area contributed by atoms with Crippen LogP contribution in [0.1, 0.15) is 13.8 Å². The second kappa shape index (κ2) is 8.12. The van der Waals surface area contributed by atoms with E-state index < -0.39 is 0 Å². The van der Waals surface area contributed by atoms with Crippen molar-refractivity contribution in [1.82, 2.24) is 25.1 Å². The van der Waals surface area contributed by atoms with Crippen LogP contribution in [-0.2, 0) is 0 Å². The molecule has 1 aliphatic rings. The van der Waals surface area contributed by atoms with E-state index in [0.29, 0.717) is 0 Å². The van der Waals surface area contributed by atoms with Crippen molar-refractivity contribution in [3.05, 3.63) is 30.6 Å². The number of β-amino-alcohol motifs (C(OH)–C–C–N with tert-alkyl or cyclic N) is 1. The molecule has 1 fully saturated rings. The largest absolute Gasteiger partial charge is 0.491 e. The van der Waals surface area contributed by atoms with Gasteiger partial charge in [-0.25, -0.2) is 9.97 Å². The van der Waals surface area contributed by atoms with E-state index in [1.54, 1.807) is 6.33 Å². The summed E-state index contributed by atoms with van der Waals surface area (Å²) in [4.78, 5) is 13.4. The number of benzene rings is 1. The molecule has 0 bridgehead atoms. The lowest BCUT2D eigenvalue weighted by Gasteiger charge is -2.35. The van der Waals surface area contributed by atoms with Gasteiger partial charge in [0.15, 0.2) is 0 Å². The van der Waals surface area contributed by atoms with Gasteiger partial charge in [-0.1, -0.05) is 0 Å². The monoisotopic (exact) mass is 382 g/mol. The lowest BCUT2D eigenvalue weighted by Crippen LogP contribution is -2.47. The van der Waals surface area contributed by atoms with Crippen LogP contribution in [0.25, 0.3) is 22.3 Å². The van der Waals surface area contributed by atoms with Gasteiger partial charge in [0.25, 0.3) is 0 Å². The average Bonchev–Trinajstić information content (AvgIpc) is 3.12. The first-order chi connectivity index (χ1) is 13.6. The third-order valence-corrected chi connectivity index (χ3v) is 4.91. The van der Waals surface area contributed by atoms with Gasteiger partial charge in [0.1, 0.15) is 23.6 Å². The van der Waals surface area contributed by atoms with Gasteiger partial charge >= 0.3 is 0 Å². The van der Waals surface area contributed by atoms with E-state index >= 15 is 0 Å². The Morgan fingerprint density at radius 2 is 1.96 bits per heavy atom. The fourth-order valence-corrected chi connectivity index (χ4v) is 3.53. The molecule has 4 rings (SSSR count). The number of hydrogen-bond acceptors (Lipinski definition) is 7. The maximum atomic E-state index is 9.10. The molecule has 0 spiro atoms. The Hall–Kier alpha value is -2.71. The maximum absolute atomic E-state index is 9.10. The standard InChI is InChI=1S/C20H26N6O2/c1-14(2)28-15-3-4-17-16(11-15)20(24-23-17)18-12-19(22-13-21-18)26-7-5-25(6-8-26)9-10-27/h3-4,11-14,27H,5-10H2,1-2H3,(H,23,24). The highest BCUT2D eigenvalue weighted by Gasteiger charge is 2.19. The number of H-pyrrole nitrogens is 1. The summed E-state index contributed by atoms with van der Waals surface area (Å²) in [6.07, 6.45) is 1.71. The van der Waals surface area contributed by atoms with Gasteiger partial charge in [-0.15, -0.1) is 0 Å². The molecule has 1 aliphatic heterocycles. The molecule has 0 unspecified atom stereocenters. The van der Waals surface area contributed by atoms with Crippen molar-refractivity contribution in [2.75, 3.05) is 44.2 Å². The van der Waals surface area contributed by atoms with Gasteiger partial charge < -0.3 is 14.7 Å². The molecule has 148 valence electrons. The highest BCUT2D eigenvalue weighted by Crippen LogP contribution is 2.29. The molecule has 0 aliphatic carbocycles. The molecule has 1 aromatic carbocycles. The van der Waals surface area contributed by atoms with Crippen LogP contribution in [-0.4, -0.2) is 75.6 Å². The number of fused-ring (bicyclic) bond motifs is 1. The third kappa shape index (κ3) is 3.93. The number of hydrogen-bond donors (Lipinski definition) is 2. The van der Waals surface area contributed by atoms with Crippen molar-refractivity contribution in [1.29, 1.82) is 0 Å². The minimum atomic E-state index is 0.114. The second-order valence-electron chi connectivity index (χ2n) is 7.26. The molecule has 0 radical (unpaired) electrons. The molecule has 3 aromatic rings. The molecular weight excluding hydrogens is 356 g/mol. The summed E-state index contributed by atoms with van der Waals surface area (Å²) in [5.41, 5.74) is 2.53. The number of aromatic nitrogens is 4. The quantitative estimate of drug-likeness (QED) is 0.673. The Kier molecular flexibility index (Phi) is 5.40. The van der Waals surface area contributed by atoms with Crippen LogP contribution < -0.4 is 9.64 Å². The van der Waals surface area contributed by atoms with E-state index in [2.05, 4.69) is 30.0 Å². The number of nitrogens with one attached hydrogen (secondary N) is 1. The Balaban J connectivity index is 1.59. The first-order valence-corrected chi connectivity index (χ1v) is 9.69. The number of nitrogens with zero attached hydrogens (tertiary/aromatic N) is 5. The minimum absolute atomic E-state index is 0.114. The van der Waals surface area contributed by atoms with Crippen molar-refractivity contribution in [3.63, 3.8) is 0 Å². The van der Waals surface area contributed by atoms with Crippen molar-refractivity contribution in [3.8, 4) is 17.1 Å². The fourth-order valence-electron chi connectivity index (χ4n) is 3.53. The van der Waals surface area contributed by atoms with Gasteiger partial charge in [0.05, 0.1) is 23.9 Å². The van der Waals surface area contributed by atoms with Crippen molar-refractivity contribution < 1.29 is 9.84 Å². The molecule has 2 aromatic heterocycles. The second-order valence-corrected chi connectivity index (χ2v) is 7.26. The lowest BCUT2D eigenvalue weighted by atomic mass is 10.1. The maximum Gasteiger partial charge on any atom is 0.132 e. The predicted molar refractivity (Wildman–Crippen MR) is 109 cm³/mol. The lowest BCUT2D eigenvalue weighted by molar-refractivity contribution is 0.188. The topological polar surface area (TPSA) is 90.4 Å². The minimum Gasteiger partial charge on any atom is -0.491 e. The van der Waals surface area contributed by atoms with E-state index in [0.717, 1.165) is 66.6 Å². The summed E-state index contributed by atoms with van der Waals surface area (Å²) in [7, 11) is 0. The number of ether oxygens (including phenoxy) is 1. The molecule has 3 heterocycles. The highest BCUT2D eigenvalue weighted by molar-refractivity contribution is 5.93. The van der Waals surface area contributed by atoms with Crippen LogP contribution >= 0.6 is 0 Å². The Morgan fingerprint density at radius 3 is 2.71 bits per heavy atom. The van der Waals surface area contributed by atoms with E-state index in [1.165, 1.54) is 0 Å². The first-order valence-electron chi connectivity index (χ1n) is 9.69. The summed E-state index contributed by atoms with van der Waals surface area (Å²) in [6.45, 7) is 8.54. The zero-order chi connectivity index (χ0) is 19.5. The number of aromatic amines is 1. The van der Waals surface area contributed by atoms with Crippen molar-refractivity contribution in [2.24, 2.45) is 0 Å². The zero-order valence-corrected chi connectivity index (χ0v) is 16.3. The average molecular weight is 382 g/mol. The van der Waals surface area contributed by atoms with Crippen LogP contribution in [0.3, 0.4) is 0 Å². The number of aliphatic hydroxyl groups is 1. The molecule has 8 heteroatoms. The van der Waals surface area contributed by atoms with Crippen LogP contribution in [0.2, 0.25) is 0 Å². The normalized spacial score (nSPS) is 15.5. The van der Waals surface area contributed by atoms with Crippen LogP contribution in [0.15, 0.2) is 30.6 Å². The smallest absolute Gasteiger partial charge is 0.132 e. The molecule has 2 N–H and O–H groups in total. The van der Waals surface area contributed by atoms with Gasteiger partial charge in [-0.3, -0.25) is 10.00 Å². The first kappa shape index (κ1) is 18.6. The molecular formula is C20H26N6O2. The third-order valence-electron chi connectivity index (χ3n) is 4.91. The summed E-state index contributed by atoms with van der Waals surface area (Å²) in [5.74, 6) is 1.72. The Morgan fingerprint density at radius 1 is 1.14 bits per heavy atom. The summed E-state index contributed by atoms with van der Waals surface area (Å²) in [5, 5.41) is 17.6. The Bertz CT molecular complexity index is 933. The molecule has 0 amide bonds. The highest BCUT2D eigenvalue weighted by atomic mass is 16.5. The van der Waals surface area contributed by atoms with E-state index in [4.69, 9.17) is 9.84 Å². The molecule has 0 saturated carbocycles. The summed E-state index contributed by atoms with van der Waals surface area (Å²) in [6, 6.07) is 7.92. The SMILES string of the molecule is CC(C)Oc1ccc2[nH]nc(-c3cc(N4CCN(CCO)CC4)ncn3)c2c1. The van der Waals surface area contributed by atoms with Crippen LogP contribution in [0.5, 0.6) is 5.75 Å². The zero-order valence-electron chi connectivity index (χ0n) is 16.3. The molecule has 0 atom stereocenters. The molecule has 28 heavy (non-hydrogen) atoms. The van der Waals surface area contributed by atoms with E-state index in [1.807, 2.05) is 38.1 Å². The number of rotatable bonds is 6. The van der Waals surface area contributed by atoms with Crippen LogP contribution in [0, 0.1) is 0 Å². The van der Waals surface area contributed by atoms with Crippen LogP contribution in [0.4, 0.5) is 5.82 Å². The fraction of sp³-hybridized carbons (Fsp3) is 0.450. The van der Waals surface area contributed by atoms with Crippen molar-refractivity contribution >= 4 is 16.7 Å². The van der Waals surface area contributed by atoms with Gasteiger partial charge in [-0.2, -0.15) is 5.10 Å². The van der Waals surface area contributed by atoms with Gasteiger partial charge in [0, 0.05) is 44.2 Å². The number of anilines is 1. The van der Waals surface area contributed by atoms with Gasteiger partial charge in [-0.05, 0) is 32.0 Å². The van der Waals surface area contributed by atoms with E-state index in [-0.39, 0.29) is 12.7 Å².